The summed E-state index contributed by atoms with van der Waals surface area (Å²) >= 11 is 1.73. The number of hydrogen-bond acceptors (Lipinski definition) is 4. The van der Waals surface area contributed by atoms with E-state index in [1.54, 1.807) is 11.3 Å². The summed E-state index contributed by atoms with van der Waals surface area (Å²) in [7, 11) is 0. The Morgan fingerprint density at radius 3 is 2.94 bits per heavy atom. The Hall–Kier alpha value is -0.710. The van der Waals surface area contributed by atoms with Gasteiger partial charge >= 0.3 is 0 Å². The molecular weight excluding hydrogens is 242 g/mol. The van der Waals surface area contributed by atoms with Crippen molar-refractivity contribution in [2.24, 2.45) is 5.84 Å². The number of rotatable bonds is 4. The van der Waals surface area contributed by atoms with E-state index >= 15 is 0 Å². The normalized spacial score (nSPS) is 18.9. The van der Waals surface area contributed by atoms with Crippen LogP contribution in [0.25, 0.3) is 0 Å². The first-order chi connectivity index (χ1) is 8.79. The molecule has 0 aliphatic heterocycles. The third-order valence-corrected chi connectivity index (χ3v) is 4.51. The molecule has 0 aromatic carbocycles. The summed E-state index contributed by atoms with van der Waals surface area (Å²) < 4.78 is 0. The van der Waals surface area contributed by atoms with Crippen molar-refractivity contribution in [3.8, 4) is 0 Å². The lowest BCUT2D eigenvalue weighted by molar-refractivity contribution is 0.536. The van der Waals surface area contributed by atoms with Crippen molar-refractivity contribution in [2.45, 2.75) is 57.9 Å². The topological polar surface area (TPSA) is 50.9 Å². The summed E-state index contributed by atoms with van der Waals surface area (Å²) in [5.74, 6) is 5.73. The van der Waals surface area contributed by atoms with Crippen molar-refractivity contribution in [2.75, 3.05) is 0 Å². The van der Waals surface area contributed by atoms with Crippen LogP contribution in [0.1, 0.15) is 49.2 Å². The zero-order valence-corrected chi connectivity index (χ0v) is 11.9. The molecule has 1 heterocycles. The van der Waals surface area contributed by atoms with E-state index in [0.717, 1.165) is 12.1 Å². The van der Waals surface area contributed by atoms with Gasteiger partial charge in [-0.1, -0.05) is 24.5 Å². The fourth-order valence-electron chi connectivity index (χ4n) is 2.50. The molecule has 0 radical (unpaired) electrons. The second kappa shape index (κ2) is 7.02. The van der Waals surface area contributed by atoms with Gasteiger partial charge in [-0.15, -0.1) is 11.3 Å². The smallest absolute Gasteiger partial charge is 0.0947 e. The van der Waals surface area contributed by atoms with Crippen LogP contribution >= 0.6 is 11.3 Å². The predicted octanol–water partition coefficient (Wildman–Crippen LogP) is 3.11. The Kier molecular flexibility index (Phi) is 5.35. The van der Waals surface area contributed by atoms with E-state index in [1.807, 2.05) is 6.92 Å². The molecular formula is C14H23N3S. The van der Waals surface area contributed by atoms with Crippen LogP contribution in [-0.4, -0.2) is 11.0 Å². The van der Waals surface area contributed by atoms with Gasteiger partial charge in [0, 0.05) is 23.5 Å². The quantitative estimate of drug-likeness (QED) is 0.499. The van der Waals surface area contributed by atoms with E-state index in [4.69, 9.17) is 5.84 Å². The first-order valence-corrected chi connectivity index (χ1v) is 7.73. The lowest BCUT2D eigenvalue weighted by atomic mass is 9.94. The maximum Gasteiger partial charge on any atom is 0.0947 e. The van der Waals surface area contributed by atoms with Gasteiger partial charge in [-0.05, 0) is 32.6 Å². The first kappa shape index (κ1) is 13.7. The molecule has 1 aliphatic rings. The van der Waals surface area contributed by atoms with Crippen LogP contribution in [0.4, 0.5) is 0 Å². The fraction of sp³-hybridized carbons (Fsp3) is 0.643. The van der Waals surface area contributed by atoms with E-state index in [2.05, 4.69) is 21.9 Å². The Bertz CT molecular complexity index is 397. The summed E-state index contributed by atoms with van der Waals surface area (Å²) in [4.78, 5) is 4.53. The number of aromatic nitrogens is 1. The van der Waals surface area contributed by atoms with Gasteiger partial charge in [-0.2, -0.15) is 0 Å². The van der Waals surface area contributed by atoms with Crippen molar-refractivity contribution in [1.82, 2.24) is 10.4 Å². The molecule has 18 heavy (non-hydrogen) atoms. The van der Waals surface area contributed by atoms with E-state index in [0.29, 0.717) is 0 Å². The van der Waals surface area contributed by atoms with Gasteiger partial charge in [0.15, 0.2) is 0 Å². The zero-order valence-electron chi connectivity index (χ0n) is 11.1. The lowest BCUT2D eigenvalue weighted by Crippen LogP contribution is -2.38. The molecule has 1 atom stereocenters. The lowest BCUT2D eigenvalue weighted by Gasteiger charge is -2.20. The minimum Gasteiger partial charge on any atom is -0.271 e. The first-order valence-electron chi connectivity index (χ1n) is 6.85. The molecule has 0 saturated carbocycles. The molecule has 0 saturated heterocycles. The second-order valence-corrected chi connectivity index (χ2v) is 5.98. The summed E-state index contributed by atoms with van der Waals surface area (Å²) in [6.45, 7) is 2.04. The van der Waals surface area contributed by atoms with Gasteiger partial charge in [-0.3, -0.25) is 11.3 Å². The van der Waals surface area contributed by atoms with Crippen molar-refractivity contribution in [1.29, 1.82) is 0 Å². The number of hydrazine groups is 1. The van der Waals surface area contributed by atoms with Gasteiger partial charge in [0.1, 0.15) is 0 Å². The number of nitrogens with one attached hydrogen (secondary N) is 1. The molecule has 0 bridgehead atoms. The summed E-state index contributed by atoms with van der Waals surface area (Å²) in [5, 5.41) is 3.29. The summed E-state index contributed by atoms with van der Waals surface area (Å²) in [6, 6.07) is 0.258. The standard InChI is InChI=1S/C14H23N3S/c1-11-10-18-14(16-11)9-13(17-15)12-7-5-3-2-4-6-8-12/h7,10,13,17H,2-6,8-9,15H2,1H3. The van der Waals surface area contributed by atoms with Crippen LogP contribution in [-0.2, 0) is 6.42 Å². The van der Waals surface area contributed by atoms with Gasteiger partial charge in [0.2, 0.25) is 0 Å². The van der Waals surface area contributed by atoms with Crippen LogP contribution in [0.15, 0.2) is 17.0 Å². The van der Waals surface area contributed by atoms with Gasteiger partial charge in [0.05, 0.1) is 5.01 Å². The number of nitrogens with two attached hydrogens (primary N) is 1. The molecule has 4 heteroatoms. The molecule has 0 spiro atoms. The highest BCUT2D eigenvalue weighted by Gasteiger charge is 2.15. The molecule has 1 aromatic rings. The molecule has 2 rings (SSSR count). The summed E-state index contributed by atoms with van der Waals surface area (Å²) in [6.07, 6.45) is 11.0. The van der Waals surface area contributed by atoms with Crippen molar-refractivity contribution < 1.29 is 0 Å². The fourth-order valence-corrected chi connectivity index (χ4v) is 3.32. The molecule has 0 amide bonds. The number of hydrogen-bond donors (Lipinski definition) is 2. The number of nitrogens with zero attached hydrogens (tertiary/aromatic N) is 1. The molecule has 0 fully saturated rings. The van der Waals surface area contributed by atoms with Crippen LogP contribution < -0.4 is 11.3 Å². The van der Waals surface area contributed by atoms with E-state index < -0.39 is 0 Å². The van der Waals surface area contributed by atoms with Crippen molar-refractivity contribution in [3.05, 3.63) is 27.7 Å². The molecule has 1 aliphatic carbocycles. The Labute approximate surface area is 113 Å². The maximum absolute atomic E-state index is 5.73. The van der Waals surface area contributed by atoms with Crippen LogP contribution in [0.2, 0.25) is 0 Å². The third-order valence-electron chi connectivity index (χ3n) is 3.52. The molecule has 100 valence electrons. The highest BCUT2D eigenvalue weighted by Crippen LogP contribution is 2.22. The SMILES string of the molecule is Cc1csc(CC(NN)C2=CCCCCCC2)n1. The Morgan fingerprint density at radius 2 is 2.22 bits per heavy atom. The van der Waals surface area contributed by atoms with Crippen LogP contribution in [0, 0.1) is 6.92 Å². The number of allylic oxidation sites excluding steroid dienone is 1. The van der Waals surface area contributed by atoms with Crippen molar-refractivity contribution in [3.63, 3.8) is 0 Å². The largest absolute Gasteiger partial charge is 0.271 e. The molecule has 1 aromatic heterocycles. The molecule has 3 nitrogen and oxygen atoms in total. The average molecular weight is 265 g/mol. The van der Waals surface area contributed by atoms with E-state index in [-0.39, 0.29) is 6.04 Å². The van der Waals surface area contributed by atoms with Gasteiger partial charge < -0.3 is 0 Å². The highest BCUT2D eigenvalue weighted by molar-refractivity contribution is 7.09. The number of aryl methyl sites for hydroxylation is 1. The average Bonchev–Trinajstić information content (AvgIpc) is 2.72. The van der Waals surface area contributed by atoms with E-state index in [1.165, 1.54) is 49.1 Å². The minimum absolute atomic E-state index is 0.258. The monoisotopic (exact) mass is 265 g/mol. The van der Waals surface area contributed by atoms with Crippen LogP contribution in [0.5, 0.6) is 0 Å². The minimum atomic E-state index is 0.258. The second-order valence-electron chi connectivity index (χ2n) is 5.04. The molecule has 3 N–H and O–H groups in total. The predicted molar refractivity (Wildman–Crippen MR) is 77.5 cm³/mol. The maximum atomic E-state index is 5.73. The third kappa shape index (κ3) is 3.90. The van der Waals surface area contributed by atoms with Gasteiger partial charge in [-0.25, -0.2) is 4.98 Å². The van der Waals surface area contributed by atoms with Crippen LogP contribution in [0.3, 0.4) is 0 Å². The highest BCUT2D eigenvalue weighted by atomic mass is 32.1. The van der Waals surface area contributed by atoms with Gasteiger partial charge in [0.25, 0.3) is 0 Å². The molecule has 1 unspecified atom stereocenters. The number of thiazole rings is 1. The Morgan fingerprint density at radius 1 is 1.39 bits per heavy atom. The summed E-state index contributed by atoms with van der Waals surface area (Å²) in [5.41, 5.74) is 5.56. The van der Waals surface area contributed by atoms with Crippen molar-refractivity contribution >= 4 is 11.3 Å². The zero-order chi connectivity index (χ0) is 12.8. The Balaban J connectivity index is 2.02. The van der Waals surface area contributed by atoms with E-state index in [9.17, 15) is 0 Å².